The van der Waals surface area contributed by atoms with Gasteiger partial charge in [0.2, 0.25) is 0 Å². The number of fused-ring (bicyclic) bond motifs is 1. The van der Waals surface area contributed by atoms with Crippen molar-refractivity contribution in [3.63, 3.8) is 0 Å². The first kappa shape index (κ1) is 29.3. The van der Waals surface area contributed by atoms with Crippen LogP contribution in [0.3, 0.4) is 0 Å². The van der Waals surface area contributed by atoms with Crippen molar-refractivity contribution in [1.82, 2.24) is 4.98 Å². The number of aromatic nitrogens is 1. The SMILES string of the molecule is CC(C)CCS(=O)(=O)c1cccc(Oc2cccc(-c3c(Cc4ccccc4)cnc4c(C(F)(F)F)cccc34)c2)c1. The minimum Gasteiger partial charge on any atom is -0.457 e. The van der Waals surface area contributed by atoms with Gasteiger partial charge in [-0.15, -0.1) is 0 Å². The molecule has 0 N–H and O–H groups in total. The molecule has 1 aromatic heterocycles. The van der Waals surface area contributed by atoms with Crippen molar-refractivity contribution in [2.24, 2.45) is 5.92 Å². The van der Waals surface area contributed by atoms with E-state index in [1.54, 1.807) is 42.5 Å². The quantitative estimate of drug-likeness (QED) is 0.172. The van der Waals surface area contributed by atoms with Crippen LogP contribution in [0.1, 0.15) is 37.0 Å². The lowest BCUT2D eigenvalue weighted by molar-refractivity contribution is -0.136. The van der Waals surface area contributed by atoms with Crippen LogP contribution in [0.25, 0.3) is 22.0 Å². The lowest BCUT2D eigenvalue weighted by Crippen LogP contribution is -2.09. The summed E-state index contributed by atoms with van der Waals surface area (Å²) in [4.78, 5) is 4.45. The molecule has 8 heteroatoms. The zero-order valence-corrected chi connectivity index (χ0v) is 24.0. The summed E-state index contributed by atoms with van der Waals surface area (Å²) >= 11 is 0. The minimum absolute atomic E-state index is 0.0445. The van der Waals surface area contributed by atoms with Gasteiger partial charge in [-0.05, 0) is 77.4 Å². The third-order valence-corrected chi connectivity index (χ3v) is 8.75. The van der Waals surface area contributed by atoms with Gasteiger partial charge in [0.15, 0.2) is 9.84 Å². The molecular weight excluding hydrogens is 559 g/mol. The minimum atomic E-state index is -4.56. The van der Waals surface area contributed by atoms with Crippen molar-refractivity contribution in [2.45, 2.75) is 37.8 Å². The van der Waals surface area contributed by atoms with Crippen LogP contribution in [0.15, 0.2) is 108 Å². The first-order valence-corrected chi connectivity index (χ1v) is 15.3. The van der Waals surface area contributed by atoms with E-state index in [2.05, 4.69) is 4.98 Å². The number of ether oxygens (including phenoxy) is 1. The standard InChI is InChI=1S/C34H30F3NO3S/c1-23(2)17-18-42(39,40)29-14-7-13-28(21-29)41-27-12-6-11-25(20-27)32-26(19-24-9-4-3-5-10-24)22-38-33-30(32)15-8-16-31(33)34(35,36)37/h3-16,20-23H,17-19H2,1-2H3. The molecule has 0 aliphatic rings. The van der Waals surface area contributed by atoms with Gasteiger partial charge in [0.05, 0.1) is 21.7 Å². The smallest absolute Gasteiger partial charge is 0.418 e. The molecule has 42 heavy (non-hydrogen) atoms. The van der Waals surface area contributed by atoms with Crippen molar-refractivity contribution in [1.29, 1.82) is 0 Å². The molecule has 0 spiro atoms. The Morgan fingerprint density at radius 2 is 1.52 bits per heavy atom. The number of hydrogen-bond donors (Lipinski definition) is 0. The molecule has 216 valence electrons. The molecule has 0 fully saturated rings. The molecule has 0 aliphatic carbocycles. The fourth-order valence-corrected chi connectivity index (χ4v) is 6.47. The van der Waals surface area contributed by atoms with Gasteiger partial charge < -0.3 is 4.74 Å². The number of alkyl halides is 3. The van der Waals surface area contributed by atoms with Crippen LogP contribution < -0.4 is 4.74 Å². The molecule has 0 saturated heterocycles. The summed E-state index contributed by atoms with van der Waals surface area (Å²) in [6.45, 7) is 3.95. The number of rotatable bonds is 9. The van der Waals surface area contributed by atoms with Gasteiger partial charge in [-0.3, -0.25) is 4.98 Å². The predicted octanol–water partition coefficient (Wildman–Crippen LogP) is 9.12. The zero-order chi connectivity index (χ0) is 29.9. The summed E-state index contributed by atoms with van der Waals surface area (Å²) in [5.41, 5.74) is 2.13. The molecule has 5 aromatic rings. The number of hydrogen-bond acceptors (Lipinski definition) is 4. The number of nitrogens with zero attached hydrogens (tertiary/aromatic N) is 1. The monoisotopic (exact) mass is 589 g/mol. The van der Waals surface area contributed by atoms with E-state index in [1.807, 2.05) is 50.2 Å². The van der Waals surface area contributed by atoms with Crippen molar-refractivity contribution >= 4 is 20.7 Å². The van der Waals surface area contributed by atoms with Crippen molar-refractivity contribution in [3.8, 4) is 22.6 Å². The number of sulfone groups is 1. The Kier molecular flexibility index (Phi) is 8.36. The van der Waals surface area contributed by atoms with Crippen LogP contribution in [0.5, 0.6) is 11.5 Å². The Bertz CT molecular complexity index is 1820. The van der Waals surface area contributed by atoms with E-state index in [0.717, 1.165) is 17.2 Å². The maximum atomic E-state index is 13.9. The highest BCUT2D eigenvalue weighted by Gasteiger charge is 2.33. The molecule has 0 aliphatic heterocycles. The molecule has 0 saturated carbocycles. The predicted molar refractivity (Wildman–Crippen MR) is 159 cm³/mol. The molecule has 4 nitrogen and oxygen atoms in total. The second kappa shape index (κ2) is 12.0. The number of halogens is 3. The third kappa shape index (κ3) is 6.65. The van der Waals surface area contributed by atoms with Gasteiger partial charge in [0, 0.05) is 11.6 Å². The molecule has 0 unspecified atom stereocenters. The highest BCUT2D eigenvalue weighted by molar-refractivity contribution is 7.91. The molecular formula is C34H30F3NO3S. The second-order valence-electron chi connectivity index (χ2n) is 10.6. The topological polar surface area (TPSA) is 56.3 Å². The van der Waals surface area contributed by atoms with Crippen LogP contribution in [0.2, 0.25) is 0 Å². The molecule has 0 amide bonds. The van der Waals surface area contributed by atoms with E-state index >= 15 is 0 Å². The lowest BCUT2D eigenvalue weighted by Gasteiger charge is -2.17. The highest BCUT2D eigenvalue weighted by Crippen LogP contribution is 2.40. The summed E-state index contributed by atoms with van der Waals surface area (Å²) in [7, 11) is -3.48. The number of para-hydroxylation sites is 1. The zero-order valence-electron chi connectivity index (χ0n) is 23.2. The Hall–Kier alpha value is -4.17. The molecule has 5 rings (SSSR count). The maximum Gasteiger partial charge on any atom is 0.418 e. The second-order valence-corrected chi connectivity index (χ2v) is 12.7. The summed E-state index contributed by atoms with van der Waals surface area (Å²) in [6.07, 6.45) is -2.03. The molecule has 1 heterocycles. The van der Waals surface area contributed by atoms with Gasteiger partial charge in [-0.1, -0.05) is 74.5 Å². The Labute approximate surface area is 243 Å². The first-order valence-electron chi connectivity index (χ1n) is 13.6. The molecule has 0 radical (unpaired) electrons. The van der Waals surface area contributed by atoms with Crippen LogP contribution >= 0.6 is 0 Å². The Balaban J connectivity index is 1.57. The van der Waals surface area contributed by atoms with Crippen molar-refractivity contribution < 1.29 is 26.3 Å². The first-order chi connectivity index (χ1) is 20.0. The van der Waals surface area contributed by atoms with Crippen molar-refractivity contribution in [3.05, 3.63) is 120 Å². The van der Waals surface area contributed by atoms with Gasteiger partial charge in [-0.2, -0.15) is 13.2 Å². The third-order valence-electron chi connectivity index (χ3n) is 7.01. The average molecular weight is 590 g/mol. The number of pyridine rings is 1. The van der Waals surface area contributed by atoms with Crippen LogP contribution in [0.4, 0.5) is 13.2 Å². The summed E-state index contributed by atoms with van der Waals surface area (Å²) in [6, 6.07) is 27.2. The fourth-order valence-electron chi connectivity index (χ4n) is 4.87. The van der Waals surface area contributed by atoms with E-state index in [0.29, 0.717) is 40.9 Å². The Morgan fingerprint density at radius 3 is 2.24 bits per heavy atom. The summed E-state index contributed by atoms with van der Waals surface area (Å²) < 4.78 is 73.5. The summed E-state index contributed by atoms with van der Waals surface area (Å²) in [5.74, 6) is 1.07. The number of benzene rings is 4. The van der Waals surface area contributed by atoms with Gasteiger partial charge >= 0.3 is 6.18 Å². The van der Waals surface area contributed by atoms with E-state index in [4.69, 9.17) is 4.74 Å². The summed E-state index contributed by atoms with van der Waals surface area (Å²) in [5, 5.41) is 0.383. The van der Waals surface area contributed by atoms with E-state index in [9.17, 15) is 21.6 Å². The fraction of sp³-hybridized carbons (Fsp3) is 0.206. The lowest BCUT2D eigenvalue weighted by atomic mass is 9.92. The highest BCUT2D eigenvalue weighted by atomic mass is 32.2. The average Bonchev–Trinajstić information content (AvgIpc) is 2.96. The Morgan fingerprint density at radius 1 is 0.833 bits per heavy atom. The van der Waals surface area contributed by atoms with Gasteiger partial charge in [0.25, 0.3) is 0 Å². The molecule has 0 bridgehead atoms. The van der Waals surface area contributed by atoms with Crippen LogP contribution in [-0.4, -0.2) is 19.2 Å². The van der Waals surface area contributed by atoms with Crippen LogP contribution in [0, 0.1) is 5.92 Å². The molecule has 0 atom stereocenters. The normalized spacial score (nSPS) is 12.1. The maximum absolute atomic E-state index is 13.9. The van der Waals surface area contributed by atoms with E-state index in [-0.39, 0.29) is 22.1 Å². The van der Waals surface area contributed by atoms with E-state index in [1.165, 1.54) is 18.3 Å². The largest absolute Gasteiger partial charge is 0.457 e. The van der Waals surface area contributed by atoms with Gasteiger partial charge in [-0.25, -0.2) is 8.42 Å². The van der Waals surface area contributed by atoms with Crippen molar-refractivity contribution in [2.75, 3.05) is 5.75 Å². The van der Waals surface area contributed by atoms with Crippen LogP contribution in [-0.2, 0) is 22.4 Å². The molecule has 4 aromatic carbocycles. The van der Waals surface area contributed by atoms with Gasteiger partial charge in [0.1, 0.15) is 11.5 Å². The van der Waals surface area contributed by atoms with E-state index < -0.39 is 21.6 Å².